The number of pyridine rings is 1. The first kappa shape index (κ1) is 14.3. The summed E-state index contributed by atoms with van der Waals surface area (Å²) in [5, 5.41) is 19.9. The Balaban J connectivity index is 2.44. The fraction of sp³-hybridized carbons (Fsp3) is 0.364. The molecule has 1 N–H and O–H groups in total. The van der Waals surface area contributed by atoms with Crippen LogP contribution in [-0.2, 0) is 4.79 Å². The van der Waals surface area contributed by atoms with Gasteiger partial charge in [-0.2, -0.15) is 12.6 Å². The van der Waals surface area contributed by atoms with Crippen molar-refractivity contribution in [3.8, 4) is 0 Å². The first-order valence-corrected chi connectivity index (χ1v) is 6.36. The summed E-state index contributed by atoms with van der Waals surface area (Å²) in [6, 6.07) is 0.909. The van der Waals surface area contributed by atoms with Crippen LogP contribution in [0, 0.1) is 16.0 Å². The van der Waals surface area contributed by atoms with Gasteiger partial charge < -0.3 is 5.11 Å². The van der Waals surface area contributed by atoms with Gasteiger partial charge in [0.25, 0.3) is 0 Å². The molecular weight excluding hydrogens is 286 g/mol. The molecular formula is C11H11N3O5S. The number of hydrogen-bond acceptors (Lipinski definition) is 6. The molecule has 1 amide bonds. The van der Waals surface area contributed by atoms with E-state index in [0.717, 1.165) is 12.3 Å². The maximum Gasteiger partial charge on any atom is 0.337 e. The van der Waals surface area contributed by atoms with E-state index in [1.807, 2.05) is 0 Å². The number of carbonyl (C=O) groups is 2. The molecule has 106 valence electrons. The number of carboxylic acids is 1. The molecule has 1 saturated heterocycles. The lowest BCUT2D eigenvalue weighted by molar-refractivity contribution is -0.384. The number of thiol groups is 1. The Labute approximate surface area is 119 Å². The maximum atomic E-state index is 11.9. The second-order valence-electron chi connectivity index (χ2n) is 4.39. The third-order valence-corrected chi connectivity index (χ3v) is 3.53. The average molecular weight is 297 g/mol. The lowest BCUT2D eigenvalue weighted by Crippen LogP contribution is -2.26. The van der Waals surface area contributed by atoms with E-state index < -0.39 is 16.6 Å². The summed E-state index contributed by atoms with van der Waals surface area (Å²) < 4.78 is 0. The molecule has 1 aliphatic rings. The van der Waals surface area contributed by atoms with Crippen LogP contribution in [0.5, 0.6) is 0 Å². The van der Waals surface area contributed by atoms with Crippen molar-refractivity contribution in [2.45, 2.75) is 6.42 Å². The number of carbonyl (C=O) groups excluding carboxylic acids is 1. The predicted molar refractivity (Wildman–Crippen MR) is 72.2 cm³/mol. The molecule has 20 heavy (non-hydrogen) atoms. The van der Waals surface area contributed by atoms with Crippen LogP contribution in [0.3, 0.4) is 0 Å². The van der Waals surface area contributed by atoms with Crippen LogP contribution in [-0.4, -0.2) is 39.2 Å². The second-order valence-corrected chi connectivity index (χ2v) is 4.75. The molecule has 0 aromatic carbocycles. The van der Waals surface area contributed by atoms with Crippen LogP contribution in [0.1, 0.15) is 16.8 Å². The van der Waals surface area contributed by atoms with E-state index in [0.29, 0.717) is 12.3 Å². The molecule has 2 rings (SSSR count). The van der Waals surface area contributed by atoms with Gasteiger partial charge in [0.05, 0.1) is 10.5 Å². The zero-order valence-corrected chi connectivity index (χ0v) is 11.1. The fourth-order valence-corrected chi connectivity index (χ4v) is 2.26. The number of aromatic carboxylic acids is 1. The van der Waals surface area contributed by atoms with Crippen molar-refractivity contribution < 1.29 is 19.6 Å². The summed E-state index contributed by atoms with van der Waals surface area (Å²) in [6.07, 6.45) is 1.26. The molecule has 0 radical (unpaired) electrons. The summed E-state index contributed by atoms with van der Waals surface area (Å²) >= 11 is 4.11. The maximum absolute atomic E-state index is 11.9. The Bertz CT molecular complexity index is 591. The van der Waals surface area contributed by atoms with Gasteiger partial charge in [-0.05, 0) is 11.7 Å². The monoisotopic (exact) mass is 297 g/mol. The highest BCUT2D eigenvalue weighted by atomic mass is 32.1. The molecule has 1 aromatic heterocycles. The number of nitro groups is 1. The van der Waals surface area contributed by atoms with Crippen molar-refractivity contribution in [1.82, 2.24) is 4.98 Å². The van der Waals surface area contributed by atoms with Gasteiger partial charge in [0, 0.05) is 25.2 Å². The van der Waals surface area contributed by atoms with E-state index in [1.165, 1.54) is 4.90 Å². The third kappa shape index (κ3) is 2.57. The van der Waals surface area contributed by atoms with Gasteiger partial charge in [-0.25, -0.2) is 9.78 Å². The highest BCUT2D eigenvalue weighted by Crippen LogP contribution is 2.31. The number of nitrogens with zero attached hydrogens (tertiary/aromatic N) is 3. The molecule has 8 nitrogen and oxygen atoms in total. The van der Waals surface area contributed by atoms with Crippen molar-refractivity contribution in [1.29, 1.82) is 0 Å². The minimum atomic E-state index is -1.31. The standard InChI is InChI=1S/C11H11N3O5S/c15-9-1-6(5-20)4-13(9)10-8(14(18)19)2-7(3-12-10)11(16)17/h2-3,6,20H,1,4-5H2,(H,16,17). The minimum Gasteiger partial charge on any atom is -0.478 e. The van der Waals surface area contributed by atoms with Gasteiger partial charge in [-0.1, -0.05) is 0 Å². The Morgan fingerprint density at radius 1 is 1.65 bits per heavy atom. The quantitative estimate of drug-likeness (QED) is 0.486. The Hall–Kier alpha value is -2.16. The predicted octanol–water partition coefficient (Wildman–Crippen LogP) is 0.971. The first-order chi connectivity index (χ1) is 9.43. The normalized spacial score (nSPS) is 18.4. The zero-order valence-electron chi connectivity index (χ0n) is 10.2. The summed E-state index contributed by atoms with van der Waals surface area (Å²) in [5.41, 5.74) is -0.782. The third-order valence-electron chi connectivity index (χ3n) is 3.01. The summed E-state index contributed by atoms with van der Waals surface area (Å²) in [7, 11) is 0. The topological polar surface area (TPSA) is 114 Å². The number of carboxylic acid groups (broad SMARTS) is 1. The Morgan fingerprint density at radius 3 is 2.85 bits per heavy atom. The molecule has 1 fully saturated rings. The Kier molecular flexibility index (Phi) is 3.89. The fourth-order valence-electron chi connectivity index (χ4n) is 2.01. The van der Waals surface area contributed by atoms with Crippen LogP contribution in [0.2, 0.25) is 0 Å². The van der Waals surface area contributed by atoms with Crippen LogP contribution >= 0.6 is 12.6 Å². The number of anilines is 1. The molecule has 1 unspecified atom stereocenters. The molecule has 0 spiro atoms. The van der Waals surface area contributed by atoms with Crippen LogP contribution < -0.4 is 4.90 Å². The van der Waals surface area contributed by atoms with Crippen molar-refractivity contribution in [3.05, 3.63) is 27.9 Å². The molecule has 0 bridgehead atoms. The van der Waals surface area contributed by atoms with Gasteiger partial charge in [0.2, 0.25) is 11.7 Å². The van der Waals surface area contributed by atoms with E-state index in [2.05, 4.69) is 17.6 Å². The van der Waals surface area contributed by atoms with Gasteiger partial charge in [0.15, 0.2) is 0 Å². The summed E-state index contributed by atoms with van der Waals surface area (Å²) in [6.45, 7) is 0.294. The van der Waals surface area contributed by atoms with E-state index >= 15 is 0 Å². The smallest absolute Gasteiger partial charge is 0.337 e. The van der Waals surface area contributed by atoms with Crippen LogP contribution in [0.4, 0.5) is 11.5 Å². The second kappa shape index (κ2) is 5.45. The SMILES string of the molecule is O=C(O)c1cnc(N2CC(CS)CC2=O)c([N+](=O)[O-])c1. The molecule has 9 heteroatoms. The summed E-state index contributed by atoms with van der Waals surface area (Å²) in [5.74, 6) is -1.21. The van der Waals surface area contributed by atoms with Crippen LogP contribution in [0.15, 0.2) is 12.3 Å². The molecule has 1 atom stereocenters. The average Bonchev–Trinajstić information content (AvgIpc) is 2.79. The number of amides is 1. The van der Waals surface area contributed by atoms with Crippen molar-refractivity contribution in [2.75, 3.05) is 17.2 Å². The number of aromatic nitrogens is 1. The van der Waals surface area contributed by atoms with Crippen molar-refractivity contribution >= 4 is 36.0 Å². The van der Waals surface area contributed by atoms with E-state index in [4.69, 9.17) is 5.11 Å². The number of hydrogen-bond donors (Lipinski definition) is 2. The van der Waals surface area contributed by atoms with E-state index in [9.17, 15) is 19.7 Å². The molecule has 2 heterocycles. The largest absolute Gasteiger partial charge is 0.478 e. The highest BCUT2D eigenvalue weighted by molar-refractivity contribution is 7.80. The van der Waals surface area contributed by atoms with E-state index in [-0.39, 0.29) is 29.6 Å². The van der Waals surface area contributed by atoms with E-state index in [1.54, 1.807) is 0 Å². The first-order valence-electron chi connectivity index (χ1n) is 5.73. The van der Waals surface area contributed by atoms with Gasteiger partial charge in [-0.3, -0.25) is 19.8 Å². The van der Waals surface area contributed by atoms with Crippen molar-refractivity contribution in [3.63, 3.8) is 0 Å². The lowest BCUT2D eigenvalue weighted by atomic mass is 10.1. The zero-order chi connectivity index (χ0) is 14.9. The Morgan fingerprint density at radius 2 is 2.35 bits per heavy atom. The highest BCUT2D eigenvalue weighted by Gasteiger charge is 2.35. The van der Waals surface area contributed by atoms with Crippen molar-refractivity contribution in [2.24, 2.45) is 5.92 Å². The van der Waals surface area contributed by atoms with Crippen LogP contribution in [0.25, 0.3) is 0 Å². The van der Waals surface area contributed by atoms with Gasteiger partial charge >= 0.3 is 11.7 Å². The number of rotatable bonds is 4. The molecule has 0 saturated carbocycles. The minimum absolute atomic E-state index is 0.00591. The molecule has 1 aliphatic heterocycles. The molecule has 1 aromatic rings. The lowest BCUT2D eigenvalue weighted by Gasteiger charge is -2.15. The molecule has 0 aliphatic carbocycles. The summed E-state index contributed by atoms with van der Waals surface area (Å²) in [4.78, 5) is 38.0. The van der Waals surface area contributed by atoms with Gasteiger partial charge in [-0.15, -0.1) is 0 Å². The van der Waals surface area contributed by atoms with Gasteiger partial charge in [0.1, 0.15) is 0 Å².